The Hall–Kier alpha value is -3.66. The molecule has 0 aromatic heterocycles. The molecule has 0 bridgehead atoms. The van der Waals surface area contributed by atoms with E-state index in [1.165, 1.54) is 0 Å². The number of rotatable bonds is 11. The molecule has 2 atom stereocenters. The predicted molar refractivity (Wildman–Crippen MR) is 154 cm³/mol. The van der Waals surface area contributed by atoms with E-state index in [9.17, 15) is 13.2 Å². The molecule has 1 amide bonds. The van der Waals surface area contributed by atoms with E-state index in [0.29, 0.717) is 28.2 Å². The number of hydrogen-bond donors (Lipinski definition) is 3. The van der Waals surface area contributed by atoms with Gasteiger partial charge in [0.05, 0.1) is 30.3 Å². The van der Waals surface area contributed by atoms with Crippen LogP contribution in [0.4, 0.5) is 0 Å². The molecule has 1 aliphatic rings. The topological polar surface area (TPSA) is 165 Å². The van der Waals surface area contributed by atoms with Crippen molar-refractivity contribution >= 4 is 28.0 Å². The lowest BCUT2D eigenvalue weighted by molar-refractivity contribution is -0.193. The summed E-state index contributed by atoms with van der Waals surface area (Å²) < 4.78 is 33.5. The Kier molecular flexibility index (Phi) is 15.6. The average molecular weight is 604 g/mol. The fraction of sp³-hybridized carbons (Fsp3) is 0.500. The van der Waals surface area contributed by atoms with E-state index in [2.05, 4.69) is 29.8 Å². The van der Waals surface area contributed by atoms with Crippen LogP contribution in [0.1, 0.15) is 76.1 Å². The average Bonchev–Trinajstić information content (AvgIpc) is 3.06. The highest BCUT2D eigenvalue weighted by Gasteiger charge is 2.42. The summed E-state index contributed by atoms with van der Waals surface area (Å²) in [6.07, 6.45) is 3.92. The van der Waals surface area contributed by atoms with E-state index in [0.717, 1.165) is 24.8 Å². The minimum absolute atomic E-state index is 0.0310. The number of benzene rings is 2. The van der Waals surface area contributed by atoms with Crippen molar-refractivity contribution in [2.45, 2.75) is 82.4 Å². The Morgan fingerprint density at radius 1 is 1.10 bits per heavy atom. The van der Waals surface area contributed by atoms with Gasteiger partial charge in [0.15, 0.2) is 9.84 Å². The Morgan fingerprint density at radius 3 is 2.24 bits per heavy atom. The van der Waals surface area contributed by atoms with E-state index in [-0.39, 0.29) is 49.1 Å². The summed E-state index contributed by atoms with van der Waals surface area (Å²) in [5.41, 5.74) is 1.79. The van der Waals surface area contributed by atoms with Crippen molar-refractivity contribution in [1.29, 1.82) is 0 Å². The number of nitrogens with one attached hydrogen (secondary N) is 3. The summed E-state index contributed by atoms with van der Waals surface area (Å²) >= 11 is 0. The second-order valence-corrected chi connectivity index (χ2v) is 12.1. The van der Waals surface area contributed by atoms with Crippen molar-refractivity contribution in [1.82, 2.24) is 16.0 Å². The molecule has 1 heterocycles. The number of sulfone groups is 1. The summed E-state index contributed by atoms with van der Waals surface area (Å²) in [5, 5.41) is 9.75. The summed E-state index contributed by atoms with van der Waals surface area (Å²) in [6.45, 7) is 8.51. The number of amides is 1. The highest BCUT2D eigenvalue weighted by molar-refractivity contribution is 7.91. The normalized spacial score (nSPS) is 18.4. The number of ether oxygens (including phenoxy) is 1. The van der Waals surface area contributed by atoms with E-state index in [4.69, 9.17) is 23.9 Å². The molecule has 230 valence electrons. The maximum absolute atomic E-state index is 13.9. The maximum Gasteiger partial charge on any atom is 0.373 e. The van der Waals surface area contributed by atoms with E-state index in [1.807, 2.05) is 50.2 Å². The van der Waals surface area contributed by atoms with Crippen LogP contribution in [0.3, 0.4) is 0 Å². The van der Waals surface area contributed by atoms with Crippen molar-refractivity contribution < 1.29 is 37.1 Å². The molecule has 42 heavy (non-hydrogen) atoms. The van der Waals surface area contributed by atoms with Gasteiger partial charge in [0.1, 0.15) is 5.75 Å². The number of unbranched alkanes of at least 4 members (excludes halogenated alkanes) is 1. The fourth-order valence-corrected chi connectivity index (χ4v) is 6.98. The number of hydrogen-bond acceptors (Lipinski definition) is 10. The van der Waals surface area contributed by atoms with Gasteiger partial charge >= 0.3 is 12.3 Å². The molecule has 2 aromatic carbocycles. The van der Waals surface area contributed by atoms with Gasteiger partial charge in [0, 0.05) is 23.7 Å². The SMILES string of the molecule is CCCC[C@]1(CC)CS(=O)(=O)c2cc(CNC(=O)CNC(C)C)c(OC)cc2[C@@H](c2ccccc2)N1.O=C=O.O=C=O. The van der Waals surface area contributed by atoms with E-state index < -0.39 is 15.4 Å². The van der Waals surface area contributed by atoms with Crippen LogP contribution >= 0.6 is 0 Å². The highest BCUT2D eigenvalue weighted by Crippen LogP contribution is 2.40. The molecule has 0 aliphatic carbocycles. The van der Waals surface area contributed by atoms with Crippen LogP contribution in [0.25, 0.3) is 0 Å². The Morgan fingerprint density at radius 2 is 1.71 bits per heavy atom. The van der Waals surface area contributed by atoms with Gasteiger partial charge < -0.3 is 15.4 Å². The van der Waals surface area contributed by atoms with Crippen LogP contribution in [-0.2, 0) is 40.4 Å². The summed E-state index contributed by atoms with van der Waals surface area (Å²) in [5.74, 6) is 0.432. The van der Waals surface area contributed by atoms with Crippen molar-refractivity contribution in [2.75, 3.05) is 19.4 Å². The number of carbonyl (C=O) groups excluding carboxylic acids is 5. The van der Waals surface area contributed by atoms with Gasteiger partial charge in [-0.2, -0.15) is 19.2 Å². The molecule has 3 N–H and O–H groups in total. The van der Waals surface area contributed by atoms with Gasteiger partial charge in [-0.15, -0.1) is 0 Å². The van der Waals surface area contributed by atoms with Crippen LogP contribution in [-0.4, -0.2) is 57.6 Å². The van der Waals surface area contributed by atoms with Crippen molar-refractivity contribution in [3.05, 3.63) is 59.2 Å². The minimum atomic E-state index is -3.62. The first kappa shape index (κ1) is 36.4. The highest BCUT2D eigenvalue weighted by atomic mass is 32.2. The van der Waals surface area contributed by atoms with Crippen molar-refractivity contribution in [3.8, 4) is 5.75 Å². The molecule has 3 rings (SSSR count). The van der Waals surface area contributed by atoms with Crippen molar-refractivity contribution in [3.63, 3.8) is 0 Å². The smallest absolute Gasteiger partial charge is 0.373 e. The molecular formula is C30H41N3O8S. The van der Waals surface area contributed by atoms with Gasteiger partial charge in [-0.3, -0.25) is 10.1 Å². The van der Waals surface area contributed by atoms with Crippen LogP contribution in [0.15, 0.2) is 47.4 Å². The lowest BCUT2D eigenvalue weighted by atomic mass is 9.88. The first-order valence-corrected chi connectivity index (χ1v) is 15.4. The van der Waals surface area contributed by atoms with Crippen LogP contribution in [0.5, 0.6) is 5.75 Å². The first-order chi connectivity index (χ1) is 20.0. The molecule has 0 fully saturated rings. The molecule has 0 saturated heterocycles. The van der Waals surface area contributed by atoms with Gasteiger partial charge in [-0.1, -0.05) is 70.9 Å². The van der Waals surface area contributed by atoms with Gasteiger partial charge in [0.25, 0.3) is 0 Å². The minimum Gasteiger partial charge on any atom is -0.496 e. The van der Waals surface area contributed by atoms with Crippen molar-refractivity contribution in [2.24, 2.45) is 0 Å². The maximum atomic E-state index is 13.9. The van der Waals surface area contributed by atoms with Gasteiger partial charge in [-0.25, -0.2) is 8.42 Å². The number of fused-ring (bicyclic) bond motifs is 1. The zero-order chi connectivity index (χ0) is 31.8. The van der Waals surface area contributed by atoms with Crippen LogP contribution in [0, 0.1) is 0 Å². The third-order valence-electron chi connectivity index (χ3n) is 6.94. The first-order valence-electron chi connectivity index (χ1n) is 13.7. The lowest BCUT2D eigenvalue weighted by Crippen LogP contribution is -2.50. The summed E-state index contributed by atoms with van der Waals surface area (Å²) in [4.78, 5) is 45.1. The molecular weight excluding hydrogens is 562 g/mol. The zero-order valence-electron chi connectivity index (χ0n) is 24.8. The number of carbonyl (C=O) groups is 1. The van der Waals surface area contributed by atoms with Gasteiger partial charge in [0.2, 0.25) is 5.91 Å². The zero-order valence-corrected chi connectivity index (χ0v) is 25.6. The third kappa shape index (κ3) is 10.6. The molecule has 0 radical (unpaired) electrons. The number of methoxy groups -OCH3 is 1. The quantitative estimate of drug-likeness (QED) is 0.348. The largest absolute Gasteiger partial charge is 0.496 e. The van der Waals surface area contributed by atoms with E-state index >= 15 is 0 Å². The Labute approximate surface area is 247 Å². The molecule has 0 saturated carbocycles. The molecule has 0 spiro atoms. The summed E-state index contributed by atoms with van der Waals surface area (Å²) in [6, 6.07) is 13.4. The third-order valence-corrected chi connectivity index (χ3v) is 8.90. The molecule has 1 aliphatic heterocycles. The molecule has 12 heteroatoms. The fourth-order valence-electron chi connectivity index (χ4n) is 4.81. The predicted octanol–water partition coefficient (Wildman–Crippen LogP) is 2.95. The Balaban J connectivity index is 0.00000135. The monoisotopic (exact) mass is 603 g/mol. The molecule has 2 aromatic rings. The van der Waals surface area contributed by atoms with Gasteiger partial charge in [-0.05, 0) is 36.1 Å². The van der Waals surface area contributed by atoms with Crippen LogP contribution < -0.4 is 20.7 Å². The molecule has 0 unspecified atom stereocenters. The Bertz CT molecular complexity index is 1310. The van der Waals surface area contributed by atoms with Crippen LogP contribution in [0.2, 0.25) is 0 Å². The summed E-state index contributed by atoms with van der Waals surface area (Å²) in [7, 11) is -2.05. The molecule has 11 nitrogen and oxygen atoms in total. The van der Waals surface area contributed by atoms with E-state index in [1.54, 1.807) is 13.2 Å². The second-order valence-electron chi connectivity index (χ2n) is 10.2. The standard InChI is InChI=1S/C28H41N3O4S.2CO2/c1-6-8-14-28(7-2)19-36(33,34)25-15-22(17-30-26(32)18-29-20(3)4)24(35-5)16-23(25)27(31-28)21-12-10-9-11-13-21;2*2-1-3/h9-13,15-16,20,27,29,31H,6-8,14,17-19H2,1-5H3,(H,30,32);;/t27-,28-;;/m1../s1. The second kappa shape index (κ2) is 18.0. The lowest BCUT2D eigenvalue weighted by Gasteiger charge is -2.36.